The summed E-state index contributed by atoms with van der Waals surface area (Å²) in [6.07, 6.45) is 1.70. The third-order valence-electron chi connectivity index (χ3n) is 3.87. The molecular formula is C15H14N4O2S. The fourth-order valence-electron chi connectivity index (χ4n) is 2.87. The molecule has 1 aliphatic heterocycles. The summed E-state index contributed by atoms with van der Waals surface area (Å²) in [5.74, 6) is -0.263. The van der Waals surface area contributed by atoms with Crippen LogP contribution in [0.25, 0.3) is 10.2 Å². The van der Waals surface area contributed by atoms with Gasteiger partial charge in [0, 0.05) is 12.1 Å². The molecule has 112 valence electrons. The smallest absolute Gasteiger partial charge is 0.327 e. The number of benzene rings is 1. The number of rotatable bonds is 3. The molecule has 22 heavy (non-hydrogen) atoms. The third-order valence-corrected chi connectivity index (χ3v) is 4.89. The van der Waals surface area contributed by atoms with E-state index in [2.05, 4.69) is 26.1 Å². The number of para-hydroxylation sites is 1. The van der Waals surface area contributed by atoms with Crippen molar-refractivity contribution in [3.63, 3.8) is 0 Å². The molecule has 1 N–H and O–H groups in total. The number of aromatic nitrogens is 3. The predicted molar refractivity (Wildman–Crippen MR) is 82.2 cm³/mol. The van der Waals surface area contributed by atoms with Gasteiger partial charge >= 0.3 is 5.97 Å². The molecule has 0 bridgehead atoms. The highest BCUT2D eigenvalue weighted by Crippen LogP contribution is 2.35. The van der Waals surface area contributed by atoms with E-state index >= 15 is 0 Å². The summed E-state index contributed by atoms with van der Waals surface area (Å²) in [4.78, 5) is 18.8. The first-order valence-corrected chi connectivity index (χ1v) is 7.76. The zero-order chi connectivity index (χ0) is 15.1. The molecule has 0 radical (unpaired) electrons. The number of nitrogens with one attached hydrogen (secondary N) is 1. The van der Waals surface area contributed by atoms with Crippen LogP contribution in [0.1, 0.15) is 22.3 Å². The van der Waals surface area contributed by atoms with Crippen molar-refractivity contribution in [3.05, 3.63) is 46.7 Å². The summed E-state index contributed by atoms with van der Waals surface area (Å²) in [6.45, 7) is 1.26. The molecule has 1 atom stereocenters. The molecule has 4 rings (SSSR count). The number of methoxy groups -OCH3 is 1. The zero-order valence-corrected chi connectivity index (χ0v) is 12.8. The second-order valence-electron chi connectivity index (χ2n) is 5.21. The Bertz CT molecular complexity index is 808. The molecule has 0 aliphatic carbocycles. The minimum absolute atomic E-state index is 0.263. The van der Waals surface area contributed by atoms with Gasteiger partial charge in [0.1, 0.15) is 11.0 Å². The number of nitrogens with zero attached hydrogens (tertiary/aromatic N) is 3. The Balaban J connectivity index is 1.64. The van der Waals surface area contributed by atoms with Crippen LogP contribution in [0.2, 0.25) is 0 Å². The Morgan fingerprint density at radius 3 is 3.18 bits per heavy atom. The number of hydrogen-bond donors (Lipinski definition) is 1. The molecule has 0 spiro atoms. The van der Waals surface area contributed by atoms with Gasteiger partial charge in [0.05, 0.1) is 35.8 Å². The van der Waals surface area contributed by atoms with Crippen LogP contribution < -0.4 is 0 Å². The Hall–Kier alpha value is -2.25. The minimum Gasteiger partial charge on any atom is -0.468 e. The molecule has 1 unspecified atom stereocenters. The van der Waals surface area contributed by atoms with E-state index in [-0.39, 0.29) is 5.97 Å². The summed E-state index contributed by atoms with van der Waals surface area (Å²) in [5, 5.41) is 7.96. The van der Waals surface area contributed by atoms with Crippen LogP contribution in [0, 0.1) is 0 Å². The van der Waals surface area contributed by atoms with E-state index in [1.54, 1.807) is 17.5 Å². The number of ether oxygens (including phenoxy) is 1. The molecule has 7 heteroatoms. The summed E-state index contributed by atoms with van der Waals surface area (Å²) in [5.41, 5.74) is 2.86. The van der Waals surface area contributed by atoms with Crippen LogP contribution in [0.3, 0.4) is 0 Å². The van der Waals surface area contributed by atoms with Crippen molar-refractivity contribution in [2.24, 2.45) is 0 Å². The van der Waals surface area contributed by atoms with Crippen molar-refractivity contribution in [1.82, 2.24) is 20.1 Å². The van der Waals surface area contributed by atoms with Gasteiger partial charge in [0.2, 0.25) is 0 Å². The van der Waals surface area contributed by atoms with E-state index in [1.165, 1.54) is 7.11 Å². The van der Waals surface area contributed by atoms with E-state index in [1.807, 2.05) is 18.2 Å². The van der Waals surface area contributed by atoms with Crippen LogP contribution in [0.5, 0.6) is 0 Å². The number of hydrogen-bond acceptors (Lipinski definition) is 6. The van der Waals surface area contributed by atoms with Gasteiger partial charge in [-0.1, -0.05) is 12.1 Å². The first-order valence-electron chi connectivity index (χ1n) is 6.94. The van der Waals surface area contributed by atoms with Crippen LogP contribution in [-0.2, 0) is 22.6 Å². The first-order chi connectivity index (χ1) is 10.8. The van der Waals surface area contributed by atoms with Gasteiger partial charge in [-0.3, -0.25) is 10.00 Å². The van der Waals surface area contributed by atoms with Crippen molar-refractivity contribution in [2.45, 2.75) is 19.1 Å². The fraction of sp³-hybridized carbons (Fsp3) is 0.267. The lowest BCUT2D eigenvalue weighted by Gasteiger charge is -2.21. The van der Waals surface area contributed by atoms with Crippen molar-refractivity contribution in [3.8, 4) is 0 Å². The van der Waals surface area contributed by atoms with E-state index in [0.29, 0.717) is 13.1 Å². The average molecular weight is 314 g/mol. The highest BCUT2D eigenvalue weighted by Gasteiger charge is 2.38. The normalized spacial score (nSPS) is 17.8. The monoisotopic (exact) mass is 314 g/mol. The molecular weight excluding hydrogens is 300 g/mol. The minimum atomic E-state index is -0.411. The lowest BCUT2D eigenvalue weighted by molar-refractivity contribution is -0.147. The summed E-state index contributed by atoms with van der Waals surface area (Å²) in [6, 6.07) is 7.64. The van der Waals surface area contributed by atoms with E-state index in [9.17, 15) is 4.79 Å². The molecule has 1 aliphatic rings. The Morgan fingerprint density at radius 1 is 1.50 bits per heavy atom. The maximum Gasteiger partial charge on any atom is 0.327 e. The molecule has 6 nitrogen and oxygen atoms in total. The first kappa shape index (κ1) is 13.4. The van der Waals surface area contributed by atoms with E-state index in [0.717, 1.165) is 26.5 Å². The van der Waals surface area contributed by atoms with Gasteiger partial charge in [-0.25, -0.2) is 9.78 Å². The number of carbonyl (C=O) groups is 1. The van der Waals surface area contributed by atoms with Gasteiger partial charge < -0.3 is 4.74 Å². The SMILES string of the molecule is COC(=O)C1c2cn[nH]c2CN1Cc1nc2ccccc2s1. The van der Waals surface area contributed by atoms with Crippen LogP contribution >= 0.6 is 11.3 Å². The van der Waals surface area contributed by atoms with Crippen LogP contribution in [0.4, 0.5) is 0 Å². The molecule has 3 heterocycles. The highest BCUT2D eigenvalue weighted by atomic mass is 32.1. The molecule has 0 amide bonds. The van der Waals surface area contributed by atoms with Crippen LogP contribution in [0.15, 0.2) is 30.5 Å². The molecule has 0 saturated heterocycles. The largest absolute Gasteiger partial charge is 0.468 e. The molecule has 3 aromatic rings. The number of H-pyrrole nitrogens is 1. The molecule has 1 aromatic carbocycles. The van der Waals surface area contributed by atoms with Gasteiger partial charge in [-0.2, -0.15) is 5.10 Å². The summed E-state index contributed by atoms with van der Waals surface area (Å²) >= 11 is 1.66. The number of thiazole rings is 1. The number of esters is 1. The van der Waals surface area contributed by atoms with Crippen molar-refractivity contribution >= 4 is 27.5 Å². The standard InChI is InChI=1S/C15H14N4O2S/c1-21-15(20)14-9-6-16-18-11(9)7-19(14)8-13-17-10-4-2-3-5-12(10)22-13/h2-6,14H,7-8H2,1H3,(H,16,18). The van der Waals surface area contributed by atoms with Crippen LogP contribution in [-0.4, -0.2) is 33.2 Å². The number of aromatic amines is 1. The van der Waals surface area contributed by atoms with Gasteiger partial charge in [0.25, 0.3) is 0 Å². The maximum atomic E-state index is 12.1. The highest BCUT2D eigenvalue weighted by molar-refractivity contribution is 7.18. The second kappa shape index (κ2) is 5.19. The number of carbonyl (C=O) groups excluding carboxylic acids is 1. The Morgan fingerprint density at radius 2 is 2.36 bits per heavy atom. The third kappa shape index (κ3) is 2.10. The summed E-state index contributed by atoms with van der Waals surface area (Å²) < 4.78 is 6.11. The Kier molecular flexibility index (Phi) is 3.16. The van der Waals surface area contributed by atoms with Gasteiger partial charge in [-0.05, 0) is 12.1 Å². The second-order valence-corrected chi connectivity index (χ2v) is 6.33. The lowest BCUT2D eigenvalue weighted by Crippen LogP contribution is -2.29. The molecule has 2 aromatic heterocycles. The van der Waals surface area contributed by atoms with Gasteiger partial charge in [0.15, 0.2) is 0 Å². The summed E-state index contributed by atoms with van der Waals surface area (Å²) in [7, 11) is 1.41. The molecule has 0 saturated carbocycles. The van der Waals surface area contributed by atoms with Crippen molar-refractivity contribution in [1.29, 1.82) is 0 Å². The topological polar surface area (TPSA) is 71.1 Å². The van der Waals surface area contributed by atoms with Gasteiger partial charge in [-0.15, -0.1) is 11.3 Å². The van der Waals surface area contributed by atoms with E-state index < -0.39 is 6.04 Å². The van der Waals surface area contributed by atoms with E-state index in [4.69, 9.17) is 4.74 Å². The zero-order valence-electron chi connectivity index (χ0n) is 11.9. The predicted octanol–water partition coefficient (Wildman–Crippen LogP) is 2.25. The quantitative estimate of drug-likeness (QED) is 0.751. The van der Waals surface area contributed by atoms with Crippen molar-refractivity contribution in [2.75, 3.05) is 7.11 Å². The maximum absolute atomic E-state index is 12.1. The Labute approximate surface area is 130 Å². The van der Waals surface area contributed by atoms with Crippen molar-refractivity contribution < 1.29 is 9.53 Å². The molecule has 0 fully saturated rings. The average Bonchev–Trinajstić information content (AvgIpc) is 3.19. The fourth-order valence-corrected chi connectivity index (χ4v) is 3.86. The lowest BCUT2D eigenvalue weighted by atomic mass is 10.1. The number of fused-ring (bicyclic) bond motifs is 2.